The number of hydrogen-bond donors (Lipinski definition) is 2. The molecule has 5 rings (SSSR count). The fourth-order valence-electron chi connectivity index (χ4n) is 6.23. The molecule has 1 saturated heterocycles. The van der Waals surface area contributed by atoms with E-state index in [-0.39, 0.29) is 24.8 Å². The van der Waals surface area contributed by atoms with Crippen LogP contribution >= 0.6 is 24.8 Å². The van der Waals surface area contributed by atoms with Gasteiger partial charge in [0.2, 0.25) is 0 Å². The lowest BCUT2D eigenvalue weighted by molar-refractivity contribution is 0.585. The molecule has 1 heterocycles. The molecular weight excluding hydrogens is 539 g/mol. The summed E-state index contributed by atoms with van der Waals surface area (Å²) < 4.78 is 0. The highest BCUT2D eigenvalue weighted by molar-refractivity contribution is 5.98. The number of nitrogens with two attached hydrogens (primary N) is 2. The van der Waals surface area contributed by atoms with Crippen LogP contribution in [0.5, 0.6) is 0 Å². The standard InChI is InChI=1S/C32H46N6.2ClH/c33-31(35-27-9-5-1-2-6-10-27)25-13-17-29(18-14-25)37-21-23-38(24-22-37)30-19-15-26(16-20-30)32(34)36-28-11-7-3-4-8-12-28;;/h13-20,27-28H,1-12,21-24H2,(H2,33,35)(H2,34,36);2*1H. The van der Waals surface area contributed by atoms with Gasteiger partial charge in [0.25, 0.3) is 0 Å². The molecule has 2 aromatic rings. The Hall–Kier alpha value is -2.44. The van der Waals surface area contributed by atoms with Crippen LogP contribution in [0.1, 0.15) is 88.2 Å². The molecule has 220 valence electrons. The number of piperazine rings is 1. The van der Waals surface area contributed by atoms with E-state index in [9.17, 15) is 0 Å². The minimum atomic E-state index is 0. The van der Waals surface area contributed by atoms with Crippen molar-refractivity contribution in [1.29, 1.82) is 0 Å². The Labute approximate surface area is 253 Å². The normalized spacial score (nSPS) is 20.2. The number of nitrogens with zero attached hydrogens (tertiary/aromatic N) is 4. The van der Waals surface area contributed by atoms with E-state index in [1.807, 2.05) is 0 Å². The largest absolute Gasteiger partial charge is 0.383 e. The zero-order valence-corrected chi connectivity index (χ0v) is 25.5. The van der Waals surface area contributed by atoms with Crippen LogP contribution < -0.4 is 21.3 Å². The van der Waals surface area contributed by atoms with Crippen molar-refractivity contribution < 1.29 is 0 Å². The maximum absolute atomic E-state index is 6.38. The summed E-state index contributed by atoms with van der Waals surface area (Å²) in [6.45, 7) is 3.99. The molecule has 0 bridgehead atoms. The minimum absolute atomic E-state index is 0. The number of anilines is 2. The molecule has 0 spiro atoms. The Balaban J connectivity index is 0.00000220. The van der Waals surface area contributed by atoms with Crippen LogP contribution in [-0.2, 0) is 0 Å². The van der Waals surface area contributed by atoms with E-state index in [0.29, 0.717) is 23.8 Å². The van der Waals surface area contributed by atoms with E-state index in [1.165, 1.54) is 88.4 Å². The lowest BCUT2D eigenvalue weighted by atomic mass is 10.1. The van der Waals surface area contributed by atoms with Gasteiger partial charge in [0.15, 0.2) is 0 Å². The molecule has 2 saturated carbocycles. The maximum atomic E-state index is 6.38. The Morgan fingerprint density at radius 3 is 1.10 bits per heavy atom. The number of amidine groups is 2. The summed E-state index contributed by atoms with van der Waals surface area (Å²) in [7, 11) is 0. The third kappa shape index (κ3) is 8.78. The first-order chi connectivity index (χ1) is 18.7. The van der Waals surface area contributed by atoms with Crippen LogP contribution in [-0.4, -0.2) is 49.9 Å². The van der Waals surface area contributed by atoms with Gasteiger partial charge in [-0.15, -0.1) is 24.8 Å². The molecule has 2 aromatic carbocycles. The third-order valence-electron chi connectivity index (χ3n) is 8.63. The van der Waals surface area contributed by atoms with Gasteiger partial charge in [-0.1, -0.05) is 51.4 Å². The van der Waals surface area contributed by atoms with Crippen molar-refractivity contribution in [3.8, 4) is 0 Å². The van der Waals surface area contributed by atoms with Crippen molar-refractivity contribution in [3.63, 3.8) is 0 Å². The van der Waals surface area contributed by atoms with Crippen LogP contribution in [0.2, 0.25) is 0 Å². The summed E-state index contributed by atoms with van der Waals surface area (Å²) in [5.41, 5.74) is 17.4. The van der Waals surface area contributed by atoms with Gasteiger partial charge >= 0.3 is 0 Å². The zero-order valence-electron chi connectivity index (χ0n) is 23.8. The molecule has 6 nitrogen and oxygen atoms in total. The van der Waals surface area contributed by atoms with Crippen molar-refractivity contribution in [3.05, 3.63) is 59.7 Å². The van der Waals surface area contributed by atoms with Gasteiger partial charge in [-0.3, -0.25) is 9.98 Å². The number of benzene rings is 2. The fourth-order valence-corrected chi connectivity index (χ4v) is 6.23. The van der Waals surface area contributed by atoms with Gasteiger partial charge in [0, 0.05) is 48.7 Å². The Bertz CT molecular complexity index is 974. The molecule has 40 heavy (non-hydrogen) atoms. The maximum Gasteiger partial charge on any atom is 0.125 e. The summed E-state index contributed by atoms with van der Waals surface area (Å²) in [5.74, 6) is 1.38. The highest BCUT2D eigenvalue weighted by Gasteiger charge is 2.19. The summed E-state index contributed by atoms with van der Waals surface area (Å²) in [5, 5.41) is 0. The molecule has 8 heteroatoms. The highest BCUT2D eigenvalue weighted by atomic mass is 35.5. The fraction of sp³-hybridized carbons (Fsp3) is 0.562. The third-order valence-corrected chi connectivity index (χ3v) is 8.63. The smallest absolute Gasteiger partial charge is 0.125 e. The number of halogens is 2. The Morgan fingerprint density at radius 2 is 0.800 bits per heavy atom. The van der Waals surface area contributed by atoms with Gasteiger partial charge in [0.05, 0.1) is 12.1 Å². The predicted molar refractivity (Wildman–Crippen MR) is 176 cm³/mol. The van der Waals surface area contributed by atoms with E-state index in [1.54, 1.807) is 0 Å². The Morgan fingerprint density at radius 1 is 0.500 bits per heavy atom. The number of hydrogen-bond acceptors (Lipinski definition) is 4. The first-order valence-corrected chi connectivity index (χ1v) is 15.0. The van der Waals surface area contributed by atoms with Gasteiger partial charge in [-0.2, -0.15) is 0 Å². The molecule has 0 amide bonds. The van der Waals surface area contributed by atoms with Crippen molar-refractivity contribution in [1.82, 2.24) is 0 Å². The lowest BCUT2D eigenvalue weighted by Crippen LogP contribution is -2.46. The molecule has 3 fully saturated rings. The average molecular weight is 588 g/mol. The highest BCUT2D eigenvalue weighted by Crippen LogP contribution is 2.24. The van der Waals surface area contributed by atoms with Gasteiger partial charge < -0.3 is 21.3 Å². The summed E-state index contributed by atoms with van der Waals surface area (Å²) in [6, 6.07) is 18.1. The van der Waals surface area contributed by atoms with Crippen molar-refractivity contribution in [2.75, 3.05) is 36.0 Å². The van der Waals surface area contributed by atoms with Crippen molar-refractivity contribution >= 4 is 47.9 Å². The molecule has 2 aliphatic carbocycles. The summed E-state index contributed by atoms with van der Waals surface area (Å²) in [4.78, 5) is 14.6. The van der Waals surface area contributed by atoms with E-state index in [4.69, 9.17) is 21.5 Å². The molecular formula is C32H48Cl2N6. The molecule has 4 N–H and O–H groups in total. The SMILES string of the molecule is Cl.Cl.NC(=NC1CCCCCC1)c1ccc(N2CCN(c3ccc(C(N)=NC4CCCCCC4)cc3)CC2)cc1. The number of aliphatic imine (C=N–C) groups is 2. The van der Waals surface area contributed by atoms with Crippen LogP contribution in [0.3, 0.4) is 0 Å². The molecule has 1 aliphatic heterocycles. The topological polar surface area (TPSA) is 83.2 Å². The van der Waals surface area contributed by atoms with E-state index in [0.717, 1.165) is 37.3 Å². The second-order valence-electron chi connectivity index (χ2n) is 11.4. The first kappa shape index (κ1) is 32.1. The second-order valence-corrected chi connectivity index (χ2v) is 11.4. The van der Waals surface area contributed by atoms with Crippen LogP contribution in [0, 0.1) is 0 Å². The van der Waals surface area contributed by atoms with Crippen molar-refractivity contribution in [2.45, 2.75) is 89.1 Å². The first-order valence-electron chi connectivity index (χ1n) is 15.0. The lowest BCUT2D eigenvalue weighted by Gasteiger charge is -2.37. The van der Waals surface area contributed by atoms with Gasteiger partial charge in [-0.05, 0) is 74.2 Å². The van der Waals surface area contributed by atoms with Crippen LogP contribution in [0.4, 0.5) is 11.4 Å². The van der Waals surface area contributed by atoms with Crippen molar-refractivity contribution in [2.24, 2.45) is 21.5 Å². The van der Waals surface area contributed by atoms with E-state index >= 15 is 0 Å². The summed E-state index contributed by atoms with van der Waals surface area (Å²) in [6.07, 6.45) is 15.1. The van der Waals surface area contributed by atoms with Gasteiger partial charge in [-0.25, -0.2) is 0 Å². The minimum Gasteiger partial charge on any atom is -0.383 e. The molecule has 0 radical (unpaired) electrons. The molecule has 0 unspecified atom stereocenters. The Kier molecular flexibility index (Phi) is 12.9. The average Bonchev–Trinajstić information content (AvgIpc) is 3.38. The number of rotatable bonds is 6. The zero-order chi connectivity index (χ0) is 26.2. The molecule has 0 aromatic heterocycles. The monoisotopic (exact) mass is 586 g/mol. The predicted octanol–water partition coefficient (Wildman–Crippen LogP) is 6.71. The van der Waals surface area contributed by atoms with Gasteiger partial charge in [0.1, 0.15) is 11.7 Å². The van der Waals surface area contributed by atoms with E-state index in [2.05, 4.69) is 58.3 Å². The quantitative estimate of drug-likeness (QED) is 0.224. The second kappa shape index (κ2) is 16.1. The molecule has 3 aliphatic rings. The molecule has 0 atom stereocenters. The summed E-state index contributed by atoms with van der Waals surface area (Å²) >= 11 is 0. The van der Waals surface area contributed by atoms with Crippen LogP contribution in [0.15, 0.2) is 58.5 Å². The van der Waals surface area contributed by atoms with Crippen LogP contribution in [0.25, 0.3) is 0 Å². The van der Waals surface area contributed by atoms with E-state index < -0.39 is 0 Å².